The summed E-state index contributed by atoms with van der Waals surface area (Å²) in [7, 11) is 0. The van der Waals surface area contributed by atoms with Crippen molar-refractivity contribution in [2.45, 2.75) is 19.3 Å². The van der Waals surface area contributed by atoms with E-state index in [1.54, 1.807) is 0 Å². The molecule has 19 heavy (non-hydrogen) atoms. The Kier molecular flexibility index (Phi) is 5.95. The van der Waals surface area contributed by atoms with Crippen LogP contribution in [0.15, 0.2) is 24.3 Å². The number of rotatable bonds is 6. The number of aliphatic hydroxyl groups excluding tert-OH is 1. The molecule has 0 saturated carbocycles. The van der Waals surface area contributed by atoms with Gasteiger partial charge >= 0.3 is 0 Å². The van der Waals surface area contributed by atoms with E-state index in [0.717, 1.165) is 31.8 Å². The fourth-order valence-electron chi connectivity index (χ4n) is 2.62. The van der Waals surface area contributed by atoms with E-state index >= 15 is 0 Å². The Hall–Kier alpha value is -0.770. The molecule has 1 aliphatic heterocycles. The Bertz CT molecular complexity index is 384. The van der Waals surface area contributed by atoms with Gasteiger partial charge in [-0.15, -0.1) is 0 Å². The summed E-state index contributed by atoms with van der Waals surface area (Å²) in [6.45, 7) is 4.15. The molecule has 1 heterocycles. The quantitative estimate of drug-likeness (QED) is 0.871. The molecule has 4 heteroatoms. The van der Waals surface area contributed by atoms with Crippen LogP contribution in [0.5, 0.6) is 5.75 Å². The largest absolute Gasteiger partial charge is 0.492 e. The van der Waals surface area contributed by atoms with Crippen LogP contribution in [0, 0.1) is 5.92 Å². The van der Waals surface area contributed by atoms with E-state index in [-0.39, 0.29) is 0 Å². The topological polar surface area (TPSA) is 32.7 Å². The van der Waals surface area contributed by atoms with Crippen LogP contribution in [0.1, 0.15) is 19.3 Å². The summed E-state index contributed by atoms with van der Waals surface area (Å²) in [5, 5.41) is 9.71. The number of ether oxygens (including phenoxy) is 1. The van der Waals surface area contributed by atoms with Crippen LogP contribution in [0.25, 0.3) is 0 Å². The molecule has 1 N–H and O–H groups in total. The molecule has 0 radical (unpaired) electrons. The van der Waals surface area contributed by atoms with Gasteiger partial charge in [-0.2, -0.15) is 0 Å². The summed E-state index contributed by atoms with van der Waals surface area (Å²) in [5.74, 6) is 1.47. The van der Waals surface area contributed by atoms with Crippen molar-refractivity contribution in [1.29, 1.82) is 0 Å². The smallest absolute Gasteiger partial charge is 0.120 e. The van der Waals surface area contributed by atoms with Gasteiger partial charge in [0.1, 0.15) is 12.4 Å². The van der Waals surface area contributed by atoms with E-state index in [1.165, 1.54) is 12.8 Å². The minimum absolute atomic E-state index is 0.303. The lowest BCUT2D eigenvalue weighted by molar-refractivity contribution is 0.129. The number of hydrogen-bond acceptors (Lipinski definition) is 3. The third-order valence-electron chi connectivity index (χ3n) is 3.61. The minimum atomic E-state index is 0.303. The van der Waals surface area contributed by atoms with Gasteiger partial charge in [0.2, 0.25) is 0 Å². The number of halogens is 1. The molecule has 1 unspecified atom stereocenters. The Balaban J connectivity index is 1.70. The number of piperidine rings is 1. The third-order valence-corrected chi connectivity index (χ3v) is 3.85. The SMILES string of the molecule is OCCC1CCCN(CCOc2cccc(Cl)c2)C1. The van der Waals surface area contributed by atoms with Crippen LogP contribution in [-0.2, 0) is 0 Å². The van der Waals surface area contributed by atoms with E-state index in [1.807, 2.05) is 24.3 Å². The second-order valence-corrected chi connectivity index (χ2v) is 5.56. The molecule has 3 nitrogen and oxygen atoms in total. The molecule has 2 rings (SSSR count). The van der Waals surface area contributed by atoms with E-state index < -0.39 is 0 Å². The minimum Gasteiger partial charge on any atom is -0.492 e. The Morgan fingerprint density at radius 2 is 2.32 bits per heavy atom. The zero-order valence-electron chi connectivity index (χ0n) is 11.2. The summed E-state index contributed by atoms with van der Waals surface area (Å²) in [5.41, 5.74) is 0. The summed E-state index contributed by atoms with van der Waals surface area (Å²) >= 11 is 5.91. The van der Waals surface area contributed by atoms with Crippen molar-refractivity contribution in [3.05, 3.63) is 29.3 Å². The summed E-state index contributed by atoms with van der Waals surface area (Å²) in [4.78, 5) is 2.42. The van der Waals surface area contributed by atoms with Crippen molar-refractivity contribution in [1.82, 2.24) is 4.90 Å². The first kappa shape index (κ1) is 14.6. The molecule has 106 valence electrons. The lowest BCUT2D eigenvalue weighted by atomic mass is 9.95. The fourth-order valence-corrected chi connectivity index (χ4v) is 2.80. The summed E-state index contributed by atoms with van der Waals surface area (Å²) in [6.07, 6.45) is 3.39. The van der Waals surface area contributed by atoms with E-state index in [2.05, 4.69) is 4.90 Å². The molecule has 1 aliphatic rings. The summed E-state index contributed by atoms with van der Waals surface area (Å²) < 4.78 is 5.71. The highest BCUT2D eigenvalue weighted by Gasteiger charge is 2.18. The van der Waals surface area contributed by atoms with Gasteiger partial charge in [0, 0.05) is 24.7 Å². The third kappa shape index (κ3) is 5.01. The lowest BCUT2D eigenvalue weighted by Gasteiger charge is -2.32. The molecular weight excluding hydrogens is 262 g/mol. The maximum atomic E-state index is 9.00. The van der Waals surface area contributed by atoms with Crippen molar-refractivity contribution in [2.24, 2.45) is 5.92 Å². The van der Waals surface area contributed by atoms with Crippen LogP contribution in [-0.4, -0.2) is 42.9 Å². The highest BCUT2D eigenvalue weighted by atomic mass is 35.5. The highest BCUT2D eigenvalue weighted by Crippen LogP contribution is 2.20. The number of benzene rings is 1. The van der Waals surface area contributed by atoms with Crippen LogP contribution < -0.4 is 4.74 Å². The number of aliphatic hydroxyl groups is 1. The molecule has 0 spiro atoms. The molecule has 1 aromatic rings. The molecule has 1 aromatic carbocycles. The van der Waals surface area contributed by atoms with Gasteiger partial charge in [-0.1, -0.05) is 17.7 Å². The molecule has 0 amide bonds. The van der Waals surface area contributed by atoms with Crippen molar-refractivity contribution in [2.75, 3.05) is 32.8 Å². The van der Waals surface area contributed by atoms with Gasteiger partial charge in [-0.3, -0.25) is 4.90 Å². The molecule has 1 fully saturated rings. The Morgan fingerprint density at radius 3 is 3.11 bits per heavy atom. The molecule has 1 atom stereocenters. The second-order valence-electron chi connectivity index (χ2n) is 5.13. The number of hydrogen-bond donors (Lipinski definition) is 1. The first-order chi connectivity index (χ1) is 9.28. The first-order valence-electron chi connectivity index (χ1n) is 6.99. The molecule has 0 aliphatic carbocycles. The maximum absolute atomic E-state index is 9.00. The van der Waals surface area contributed by atoms with Gasteiger partial charge in [-0.05, 0) is 49.9 Å². The Labute approximate surface area is 120 Å². The van der Waals surface area contributed by atoms with E-state index in [0.29, 0.717) is 24.2 Å². The number of nitrogens with zero attached hydrogens (tertiary/aromatic N) is 1. The maximum Gasteiger partial charge on any atom is 0.120 e. The lowest BCUT2D eigenvalue weighted by Crippen LogP contribution is -2.38. The van der Waals surface area contributed by atoms with E-state index in [4.69, 9.17) is 21.4 Å². The standard InChI is InChI=1S/C15H22ClNO2/c16-14-4-1-5-15(11-14)19-10-8-17-7-2-3-13(12-17)6-9-18/h1,4-5,11,13,18H,2-3,6-10,12H2. The predicted octanol–water partition coefficient (Wildman–Crippen LogP) is 2.81. The van der Waals surface area contributed by atoms with Crippen molar-refractivity contribution >= 4 is 11.6 Å². The monoisotopic (exact) mass is 283 g/mol. The molecule has 0 bridgehead atoms. The van der Waals surface area contributed by atoms with Crippen molar-refractivity contribution < 1.29 is 9.84 Å². The van der Waals surface area contributed by atoms with Gasteiger partial charge in [0.15, 0.2) is 0 Å². The molecule has 1 saturated heterocycles. The highest BCUT2D eigenvalue weighted by molar-refractivity contribution is 6.30. The fraction of sp³-hybridized carbons (Fsp3) is 0.600. The van der Waals surface area contributed by atoms with Crippen LogP contribution in [0.3, 0.4) is 0 Å². The number of likely N-dealkylation sites (tertiary alicyclic amines) is 1. The summed E-state index contributed by atoms with van der Waals surface area (Å²) in [6, 6.07) is 7.51. The molecule has 0 aromatic heterocycles. The van der Waals surface area contributed by atoms with Crippen molar-refractivity contribution in [3.8, 4) is 5.75 Å². The van der Waals surface area contributed by atoms with Gasteiger partial charge in [-0.25, -0.2) is 0 Å². The van der Waals surface area contributed by atoms with Crippen LogP contribution in [0.4, 0.5) is 0 Å². The first-order valence-corrected chi connectivity index (χ1v) is 7.37. The second kappa shape index (κ2) is 7.73. The Morgan fingerprint density at radius 1 is 1.42 bits per heavy atom. The zero-order chi connectivity index (χ0) is 13.5. The van der Waals surface area contributed by atoms with Crippen LogP contribution >= 0.6 is 11.6 Å². The van der Waals surface area contributed by atoms with Crippen LogP contribution in [0.2, 0.25) is 5.02 Å². The van der Waals surface area contributed by atoms with Gasteiger partial charge in [0.05, 0.1) is 0 Å². The predicted molar refractivity (Wildman–Crippen MR) is 77.8 cm³/mol. The van der Waals surface area contributed by atoms with Crippen molar-refractivity contribution in [3.63, 3.8) is 0 Å². The normalized spacial score (nSPS) is 20.4. The average molecular weight is 284 g/mol. The zero-order valence-corrected chi connectivity index (χ0v) is 12.0. The average Bonchev–Trinajstić information content (AvgIpc) is 2.40. The van der Waals surface area contributed by atoms with E-state index in [9.17, 15) is 0 Å². The molecular formula is C15H22ClNO2. The van der Waals surface area contributed by atoms with Gasteiger partial charge < -0.3 is 9.84 Å². The van der Waals surface area contributed by atoms with Gasteiger partial charge in [0.25, 0.3) is 0 Å².